The highest BCUT2D eigenvalue weighted by Crippen LogP contribution is 2.22. The molecule has 0 spiro atoms. The third-order valence-electron chi connectivity index (χ3n) is 5.25. The molecule has 0 amide bonds. The van der Waals surface area contributed by atoms with E-state index in [0.717, 1.165) is 25.7 Å². The van der Waals surface area contributed by atoms with Gasteiger partial charge in [-0.25, -0.2) is 0 Å². The molecule has 1 saturated heterocycles. The summed E-state index contributed by atoms with van der Waals surface area (Å²) in [5, 5.41) is 0. The minimum atomic E-state index is 0.0121. The van der Waals surface area contributed by atoms with E-state index in [-0.39, 0.29) is 5.60 Å². The zero-order valence-corrected chi connectivity index (χ0v) is 18.7. The van der Waals surface area contributed by atoms with Crippen LogP contribution in [0.5, 0.6) is 0 Å². The van der Waals surface area contributed by atoms with Crippen LogP contribution in [0.4, 0.5) is 0 Å². The highest BCUT2D eigenvalue weighted by atomic mass is 16.5. The van der Waals surface area contributed by atoms with Crippen molar-refractivity contribution in [1.29, 1.82) is 0 Å². The van der Waals surface area contributed by atoms with Gasteiger partial charge in [-0.3, -0.25) is 0 Å². The number of unbranched alkanes of at least 4 members (excludes halogenated alkanes) is 2. The molecule has 0 atom stereocenters. The molecule has 0 unspecified atom stereocenters. The number of ether oxygens (including phenoxy) is 2. The summed E-state index contributed by atoms with van der Waals surface area (Å²) in [7, 11) is 0. The molecule has 1 rings (SSSR count). The average molecular weight is 370 g/mol. The van der Waals surface area contributed by atoms with E-state index < -0.39 is 0 Å². The Morgan fingerprint density at radius 1 is 0.808 bits per heavy atom. The predicted octanol–water partition coefficient (Wildman–Crippen LogP) is 5.92. The van der Waals surface area contributed by atoms with Crippen LogP contribution in [0.25, 0.3) is 0 Å². The van der Waals surface area contributed by atoms with E-state index in [9.17, 15) is 0 Å². The topological polar surface area (TPSA) is 21.7 Å². The minimum absolute atomic E-state index is 0.0121. The quantitative estimate of drug-likeness (QED) is 0.399. The zero-order valence-electron chi connectivity index (χ0n) is 18.7. The van der Waals surface area contributed by atoms with Gasteiger partial charge in [-0.1, -0.05) is 20.8 Å². The fraction of sp³-hybridized carbons (Fsp3) is 1.00. The molecule has 1 aliphatic heterocycles. The second-order valence-corrected chi connectivity index (χ2v) is 10.4. The second kappa shape index (κ2) is 12.4. The van der Waals surface area contributed by atoms with Gasteiger partial charge in [0.1, 0.15) is 0 Å². The van der Waals surface area contributed by atoms with E-state index in [2.05, 4.69) is 46.4 Å². The maximum atomic E-state index is 5.86. The first kappa shape index (κ1) is 23.9. The van der Waals surface area contributed by atoms with Crippen molar-refractivity contribution < 1.29 is 9.47 Å². The molecule has 3 nitrogen and oxygen atoms in total. The zero-order chi connectivity index (χ0) is 19.5. The van der Waals surface area contributed by atoms with Crippen LogP contribution < -0.4 is 0 Å². The van der Waals surface area contributed by atoms with Gasteiger partial charge in [0.2, 0.25) is 0 Å². The molecular formula is C23H47NO2. The van der Waals surface area contributed by atoms with E-state index in [0.29, 0.717) is 5.41 Å². The minimum Gasteiger partial charge on any atom is -0.381 e. The maximum absolute atomic E-state index is 5.86. The molecule has 0 aliphatic carbocycles. The van der Waals surface area contributed by atoms with Gasteiger partial charge in [-0.2, -0.15) is 0 Å². The van der Waals surface area contributed by atoms with Crippen LogP contribution in [0.3, 0.4) is 0 Å². The normalized spacial score (nSPS) is 17.8. The summed E-state index contributed by atoms with van der Waals surface area (Å²) in [6, 6.07) is 0. The number of hydrogen-bond acceptors (Lipinski definition) is 3. The van der Waals surface area contributed by atoms with E-state index in [1.807, 2.05) is 0 Å². The fourth-order valence-corrected chi connectivity index (χ4v) is 3.55. The lowest BCUT2D eigenvalue weighted by Crippen LogP contribution is -2.34. The van der Waals surface area contributed by atoms with Crippen molar-refractivity contribution in [2.24, 2.45) is 11.3 Å². The standard InChI is InChI=1S/C23H47NO2/c1-22(2,3)14-10-18-25-20-13-21-11-16-24(17-12-21)15-8-7-9-19-26-23(4,5)6/h21H,7-20H2,1-6H3. The molecule has 156 valence electrons. The Bertz CT molecular complexity index is 301. The third kappa shape index (κ3) is 14.0. The Morgan fingerprint density at radius 2 is 1.50 bits per heavy atom. The molecule has 1 heterocycles. The number of hydrogen-bond donors (Lipinski definition) is 0. The van der Waals surface area contributed by atoms with Gasteiger partial charge in [0.25, 0.3) is 0 Å². The van der Waals surface area contributed by atoms with E-state index in [1.165, 1.54) is 71.0 Å². The smallest absolute Gasteiger partial charge is 0.0598 e. The Labute approximate surface area is 164 Å². The average Bonchev–Trinajstić information content (AvgIpc) is 2.53. The lowest BCUT2D eigenvalue weighted by atomic mass is 9.91. The molecule has 1 fully saturated rings. The molecule has 0 saturated carbocycles. The fourth-order valence-electron chi connectivity index (χ4n) is 3.55. The van der Waals surface area contributed by atoms with Crippen LogP contribution in [0.15, 0.2) is 0 Å². The Morgan fingerprint density at radius 3 is 2.12 bits per heavy atom. The highest BCUT2D eigenvalue weighted by molar-refractivity contribution is 4.72. The summed E-state index contributed by atoms with van der Waals surface area (Å²) in [5.41, 5.74) is 0.452. The largest absolute Gasteiger partial charge is 0.381 e. The maximum Gasteiger partial charge on any atom is 0.0598 e. The van der Waals surface area contributed by atoms with E-state index in [1.54, 1.807) is 0 Å². The SMILES string of the molecule is CC(C)(C)CCCOCCC1CCN(CCCCCOC(C)(C)C)CC1. The number of nitrogens with zero attached hydrogens (tertiary/aromatic N) is 1. The first-order valence-corrected chi connectivity index (χ1v) is 11.1. The van der Waals surface area contributed by atoms with Crippen molar-refractivity contribution in [1.82, 2.24) is 4.90 Å². The molecule has 0 aromatic heterocycles. The third-order valence-corrected chi connectivity index (χ3v) is 5.25. The lowest BCUT2D eigenvalue weighted by molar-refractivity contribution is -0.00495. The molecule has 26 heavy (non-hydrogen) atoms. The summed E-state index contributed by atoms with van der Waals surface area (Å²) in [4.78, 5) is 2.66. The van der Waals surface area contributed by atoms with Crippen molar-refractivity contribution >= 4 is 0 Å². The lowest BCUT2D eigenvalue weighted by Gasteiger charge is -2.32. The van der Waals surface area contributed by atoms with Crippen LogP contribution in [0.1, 0.15) is 92.9 Å². The van der Waals surface area contributed by atoms with E-state index in [4.69, 9.17) is 9.47 Å². The molecule has 0 aromatic carbocycles. The van der Waals surface area contributed by atoms with Crippen molar-refractivity contribution in [3.63, 3.8) is 0 Å². The molecule has 0 N–H and O–H groups in total. The van der Waals surface area contributed by atoms with Gasteiger partial charge in [-0.05, 0) is 103 Å². The van der Waals surface area contributed by atoms with E-state index >= 15 is 0 Å². The van der Waals surface area contributed by atoms with Crippen LogP contribution in [0, 0.1) is 11.3 Å². The van der Waals surface area contributed by atoms with Crippen molar-refractivity contribution in [2.45, 2.75) is 98.5 Å². The van der Waals surface area contributed by atoms with Gasteiger partial charge in [0.15, 0.2) is 0 Å². The summed E-state index contributed by atoms with van der Waals surface area (Å²) in [6.07, 6.45) is 10.2. The molecule has 1 aliphatic rings. The van der Waals surface area contributed by atoms with Gasteiger partial charge in [0, 0.05) is 19.8 Å². The number of rotatable bonds is 12. The number of likely N-dealkylation sites (tertiary alicyclic amines) is 1. The first-order valence-electron chi connectivity index (χ1n) is 11.1. The molecule has 0 aromatic rings. The summed E-state index contributed by atoms with van der Waals surface area (Å²) >= 11 is 0. The molecule has 0 bridgehead atoms. The second-order valence-electron chi connectivity index (χ2n) is 10.4. The van der Waals surface area contributed by atoms with Crippen molar-refractivity contribution in [3.05, 3.63) is 0 Å². The van der Waals surface area contributed by atoms with Crippen LogP contribution in [-0.2, 0) is 9.47 Å². The Balaban J connectivity index is 1.92. The Kier molecular flexibility index (Phi) is 11.4. The van der Waals surface area contributed by atoms with Crippen LogP contribution in [0.2, 0.25) is 0 Å². The highest BCUT2D eigenvalue weighted by Gasteiger charge is 2.18. The van der Waals surface area contributed by atoms with Crippen LogP contribution in [-0.4, -0.2) is 50.0 Å². The first-order chi connectivity index (χ1) is 12.2. The summed E-state index contributed by atoms with van der Waals surface area (Å²) in [5.74, 6) is 0.883. The molecule has 0 radical (unpaired) electrons. The van der Waals surface area contributed by atoms with Crippen molar-refractivity contribution in [3.8, 4) is 0 Å². The Hall–Kier alpha value is -0.120. The van der Waals surface area contributed by atoms with Crippen LogP contribution >= 0.6 is 0 Å². The van der Waals surface area contributed by atoms with Gasteiger partial charge >= 0.3 is 0 Å². The van der Waals surface area contributed by atoms with Gasteiger partial charge < -0.3 is 14.4 Å². The van der Waals surface area contributed by atoms with Gasteiger partial charge in [-0.15, -0.1) is 0 Å². The molecular weight excluding hydrogens is 322 g/mol. The van der Waals surface area contributed by atoms with Gasteiger partial charge in [0.05, 0.1) is 5.60 Å². The van der Waals surface area contributed by atoms with Crippen molar-refractivity contribution in [2.75, 3.05) is 39.5 Å². The summed E-state index contributed by atoms with van der Waals surface area (Å²) < 4.78 is 11.6. The molecule has 3 heteroatoms. The monoisotopic (exact) mass is 369 g/mol. The predicted molar refractivity (Wildman–Crippen MR) is 113 cm³/mol. The summed E-state index contributed by atoms with van der Waals surface area (Å²) in [6.45, 7) is 20.0. The number of piperidine rings is 1.